The summed E-state index contributed by atoms with van der Waals surface area (Å²) in [6.45, 7) is 8.32. The highest BCUT2D eigenvalue weighted by Crippen LogP contribution is 2.37. The van der Waals surface area contributed by atoms with E-state index < -0.39 is 0 Å². The molecule has 3 aliphatic heterocycles. The second kappa shape index (κ2) is 7.74. The molecule has 4 heterocycles. The van der Waals surface area contributed by atoms with Crippen molar-refractivity contribution < 1.29 is 18.7 Å². The lowest BCUT2D eigenvalue weighted by Crippen LogP contribution is -2.44. The topological polar surface area (TPSA) is 57.0 Å². The number of likely N-dealkylation sites (tertiary alicyclic amines) is 1. The Labute approximate surface area is 149 Å². The molecule has 3 aliphatic rings. The summed E-state index contributed by atoms with van der Waals surface area (Å²) in [4.78, 5) is 2.45. The summed E-state index contributed by atoms with van der Waals surface area (Å²) in [5.41, 5.74) is 1.06. The molecule has 3 fully saturated rings. The van der Waals surface area contributed by atoms with E-state index in [2.05, 4.69) is 10.1 Å². The van der Waals surface area contributed by atoms with Crippen LogP contribution in [0.25, 0.3) is 0 Å². The van der Waals surface area contributed by atoms with Crippen molar-refractivity contribution in [1.29, 1.82) is 0 Å². The first-order chi connectivity index (χ1) is 12.2. The van der Waals surface area contributed by atoms with E-state index >= 15 is 0 Å². The highest BCUT2D eigenvalue weighted by atomic mass is 16.6. The lowest BCUT2D eigenvalue weighted by atomic mass is 9.88. The molecule has 6 nitrogen and oxygen atoms in total. The molecular weight excluding hydrogens is 320 g/mol. The Kier molecular flexibility index (Phi) is 5.41. The zero-order valence-electron chi connectivity index (χ0n) is 15.2. The van der Waals surface area contributed by atoms with Crippen molar-refractivity contribution in [3.63, 3.8) is 0 Å². The normalized spacial score (nSPS) is 28.0. The van der Waals surface area contributed by atoms with Crippen LogP contribution in [-0.4, -0.2) is 61.3 Å². The number of piperidine rings is 1. The molecule has 0 bridgehead atoms. The molecule has 3 saturated heterocycles. The smallest absolute Gasteiger partial charge is 0.133 e. The van der Waals surface area contributed by atoms with Crippen LogP contribution >= 0.6 is 0 Å². The number of aryl methyl sites for hydroxylation is 1. The maximum Gasteiger partial charge on any atom is 0.133 e. The van der Waals surface area contributed by atoms with E-state index in [9.17, 15) is 0 Å². The fourth-order valence-electron chi connectivity index (χ4n) is 4.28. The molecular formula is C19H30N2O4. The molecule has 0 amide bonds. The van der Waals surface area contributed by atoms with E-state index in [-0.39, 0.29) is 11.7 Å². The number of hydrogen-bond donors (Lipinski definition) is 0. The third-order valence-corrected chi connectivity index (χ3v) is 5.91. The van der Waals surface area contributed by atoms with Crippen LogP contribution in [0.1, 0.15) is 43.6 Å². The van der Waals surface area contributed by atoms with Gasteiger partial charge in [-0.05, 0) is 38.5 Å². The molecule has 1 atom stereocenters. The third kappa shape index (κ3) is 4.42. The van der Waals surface area contributed by atoms with Crippen LogP contribution in [-0.2, 0) is 20.8 Å². The van der Waals surface area contributed by atoms with Crippen molar-refractivity contribution in [2.45, 2.75) is 57.3 Å². The van der Waals surface area contributed by atoms with Crippen molar-refractivity contribution in [2.24, 2.45) is 5.92 Å². The van der Waals surface area contributed by atoms with Gasteiger partial charge >= 0.3 is 0 Å². The van der Waals surface area contributed by atoms with Crippen LogP contribution < -0.4 is 0 Å². The summed E-state index contributed by atoms with van der Waals surface area (Å²) < 4.78 is 23.0. The van der Waals surface area contributed by atoms with Crippen molar-refractivity contribution in [1.82, 2.24) is 10.1 Å². The Balaban J connectivity index is 1.20. The standard InChI is InChI=1S/C19H30N2O4/c1-15-10-17(20-25-15)12-21-6-4-19(5-7-21)11-18(14-24-19)23-13-16-2-8-22-9-3-16/h10,16,18H,2-9,11-14H2,1H3/t18-/m0/s1. The molecule has 1 aromatic heterocycles. The van der Waals surface area contributed by atoms with Crippen molar-refractivity contribution in [3.05, 3.63) is 17.5 Å². The van der Waals surface area contributed by atoms with Crippen LogP contribution in [0.2, 0.25) is 0 Å². The minimum atomic E-state index is 0.0383. The van der Waals surface area contributed by atoms with Crippen LogP contribution in [0.15, 0.2) is 10.6 Å². The third-order valence-electron chi connectivity index (χ3n) is 5.91. The molecule has 0 aliphatic carbocycles. The number of hydrogen-bond acceptors (Lipinski definition) is 6. The molecule has 140 valence electrons. The first kappa shape index (κ1) is 17.5. The lowest BCUT2D eigenvalue weighted by Gasteiger charge is -2.38. The summed E-state index contributed by atoms with van der Waals surface area (Å²) in [6.07, 6.45) is 5.76. The summed E-state index contributed by atoms with van der Waals surface area (Å²) in [7, 11) is 0. The van der Waals surface area contributed by atoms with E-state index in [4.69, 9.17) is 18.7 Å². The quantitative estimate of drug-likeness (QED) is 0.813. The average Bonchev–Trinajstić information content (AvgIpc) is 3.23. The van der Waals surface area contributed by atoms with E-state index in [0.29, 0.717) is 5.92 Å². The van der Waals surface area contributed by atoms with E-state index in [1.165, 1.54) is 0 Å². The Morgan fingerprint density at radius 3 is 2.80 bits per heavy atom. The van der Waals surface area contributed by atoms with Gasteiger partial charge in [0.2, 0.25) is 0 Å². The molecule has 0 radical (unpaired) electrons. The number of nitrogens with zero attached hydrogens (tertiary/aromatic N) is 2. The monoisotopic (exact) mass is 350 g/mol. The Hall–Kier alpha value is -0.950. The second-order valence-corrected chi connectivity index (χ2v) is 7.91. The Bertz CT molecular complexity index is 547. The van der Waals surface area contributed by atoms with Crippen LogP contribution in [0.5, 0.6) is 0 Å². The van der Waals surface area contributed by atoms with Gasteiger partial charge in [-0.3, -0.25) is 4.90 Å². The van der Waals surface area contributed by atoms with Gasteiger partial charge in [-0.25, -0.2) is 0 Å². The molecule has 0 aromatic carbocycles. The fourth-order valence-corrected chi connectivity index (χ4v) is 4.28. The van der Waals surface area contributed by atoms with Gasteiger partial charge in [-0.15, -0.1) is 0 Å². The largest absolute Gasteiger partial charge is 0.381 e. The van der Waals surface area contributed by atoms with Crippen molar-refractivity contribution >= 4 is 0 Å². The number of aromatic nitrogens is 1. The Morgan fingerprint density at radius 1 is 1.28 bits per heavy atom. The maximum atomic E-state index is 6.23. The highest BCUT2D eigenvalue weighted by molar-refractivity contribution is 5.04. The summed E-state index contributed by atoms with van der Waals surface area (Å²) in [5, 5.41) is 4.10. The van der Waals surface area contributed by atoms with Gasteiger partial charge in [0.25, 0.3) is 0 Å². The minimum absolute atomic E-state index is 0.0383. The minimum Gasteiger partial charge on any atom is -0.381 e. The molecule has 25 heavy (non-hydrogen) atoms. The Morgan fingerprint density at radius 2 is 2.08 bits per heavy atom. The summed E-state index contributed by atoms with van der Waals surface area (Å²) in [6, 6.07) is 2.02. The first-order valence-electron chi connectivity index (χ1n) is 9.69. The highest BCUT2D eigenvalue weighted by Gasteiger charge is 2.43. The van der Waals surface area contributed by atoms with E-state index in [0.717, 1.165) is 89.6 Å². The summed E-state index contributed by atoms with van der Waals surface area (Å²) in [5.74, 6) is 1.55. The molecule has 4 rings (SSSR count). The molecule has 6 heteroatoms. The van der Waals surface area contributed by atoms with Crippen LogP contribution in [0, 0.1) is 12.8 Å². The van der Waals surface area contributed by atoms with Gasteiger partial charge < -0.3 is 18.7 Å². The van der Waals surface area contributed by atoms with Gasteiger partial charge in [-0.2, -0.15) is 0 Å². The SMILES string of the molecule is Cc1cc(CN2CCC3(CC2)C[C@H](OCC2CCOCC2)CO3)no1. The fraction of sp³-hybridized carbons (Fsp3) is 0.842. The van der Waals surface area contributed by atoms with Gasteiger partial charge in [-0.1, -0.05) is 5.16 Å². The lowest BCUT2D eigenvalue weighted by molar-refractivity contribution is -0.0481. The number of rotatable bonds is 5. The van der Waals surface area contributed by atoms with Gasteiger partial charge in [0.1, 0.15) is 5.76 Å². The predicted molar refractivity (Wildman–Crippen MR) is 92.3 cm³/mol. The molecule has 1 spiro atoms. The van der Waals surface area contributed by atoms with Crippen LogP contribution in [0.4, 0.5) is 0 Å². The van der Waals surface area contributed by atoms with E-state index in [1.54, 1.807) is 0 Å². The van der Waals surface area contributed by atoms with Crippen LogP contribution in [0.3, 0.4) is 0 Å². The zero-order chi connectivity index (χ0) is 17.1. The van der Waals surface area contributed by atoms with Crippen molar-refractivity contribution in [3.8, 4) is 0 Å². The zero-order valence-corrected chi connectivity index (χ0v) is 15.2. The average molecular weight is 350 g/mol. The van der Waals surface area contributed by atoms with Gasteiger partial charge in [0.15, 0.2) is 0 Å². The molecule has 0 unspecified atom stereocenters. The first-order valence-corrected chi connectivity index (χ1v) is 9.69. The second-order valence-electron chi connectivity index (χ2n) is 7.91. The van der Waals surface area contributed by atoms with Gasteiger partial charge in [0, 0.05) is 45.3 Å². The summed E-state index contributed by atoms with van der Waals surface area (Å²) >= 11 is 0. The van der Waals surface area contributed by atoms with E-state index in [1.807, 2.05) is 13.0 Å². The van der Waals surface area contributed by atoms with Gasteiger partial charge in [0.05, 0.1) is 30.6 Å². The molecule has 0 saturated carbocycles. The molecule has 0 N–H and O–H groups in total. The predicted octanol–water partition coefficient (Wildman–Crippen LogP) is 2.55. The maximum absolute atomic E-state index is 6.23. The van der Waals surface area contributed by atoms with Crippen molar-refractivity contribution in [2.75, 3.05) is 39.5 Å². The molecule has 1 aromatic rings. The number of ether oxygens (including phenoxy) is 3.